The molecule has 0 aliphatic carbocycles. The van der Waals surface area contributed by atoms with Crippen LogP contribution in [0.2, 0.25) is 0 Å². The number of nitrogens with zero attached hydrogens (tertiary/aromatic N) is 1. The zero-order chi connectivity index (χ0) is 10.8. The number of halogens is 2. The molecule has 1 heterocycles. The van der Waals surface area contributed by atoms with Crippen LogP contribution in [0.4, 0.5) is 4.39 Å². The van der Waals surface area contributed by atoms with Crippen LogP contribution in [0, 0.1) is 12.7 Å². The Kier molecular flexibility index (Phi) is 3.03. The topological polar surface area (TPSA) is 12.9 Å². The van der Waals surface area contributed by atoms with Gasteiger partial charge in [-0.25, -0.2) is 9.37 Å². The van der Waals surface area contributed by atoms with Crippen molar-refractivity contribution in [3.05, 3.63) is 40.8 Å². The Bertz CT molecular complexity index is 481. The van der Waals surface area contributed by atoms with E-state index in [-0.39, 0.29) is 5.82 Å². The smallest absolute Gasteiger partial charge is 0.123 e. The van der Waals surface area contributed by atoms with E-state index < -0.39 is 0 Å². The van der Waals surface area contributed by atoms with Crippen molar-refractivity contribution in [2.45, 2.75) is 12.8 Å². The third-order valence-electron chi connectivity index (χ3n) is 2.02. The SMILES string of the molecule is Cc1nc(CCl)c(-c2cccc(F)c2)s1. The summed E-state index contributed by atoms with van der Waals surface area (Å²) in [5, 5.41) is 0.949. The average molecular weight is 242 g/mol. The number of thiazole rings is 1. The molecule has 0 amide bonds. The summed E-state index contributed by atoms with van der Waals surface area (Å²) in [4.78, 5) is 5.26. The van der Waals surface area contributed by atoms with Crippen molar-refractivity contribution >= 4 is 22.9 Å². The van der Waals surface area contributed by atoms with Gasteiger partial charge in [-0.15, -0.1) is 22.9 Å². The van der Waals surface area contributed by atoms with Crippen LogP contribution in [0.3, 0.4) is 0 Å². The zero-order valence-electron chi connectivity index (χ0n) is 8.13. The van der Waals surface area contributed by atoms with Crippen LogP contribution in [0.25, 0.3) is 10.4 Å². The molecule has 0 bridgehead atoms. The molecule has 0 aliphatic heterocycles. The maximum atomic E-state index is 13.0. The minimum atomic E-state index is -0.237. The minimum Gasteiger partial charge on any atom is -0.245 e. The molecule has 0 radical (unpaired) electrons. The van der Waals surface area contributed by atoms with Crippen LogP contribution in [-0.2, 0) is 5.88 Å². The molecule has 0 N–H and O–H groups in total. The first-order valence-corrected chi connectivity index (χ1v) is 5.84. The first kappa shape index (κ1) is 10.6. The Morgan fingerprint density at radius 2 is 2.27 bits per heavy atom. The van der Waals surface area contributed by atoms with Gasteiger partial charge in [-0.2, -0.15) is 0 Å². The predicted molar refractivity (Wildman–Crippen MR) is 61.8 cm³/mol. The molecule has 0 atom stereocenters. The lowest BCUT2D eigenvalue weighted by molar-refractivity contribution is 0.628. The molecule has 1 nitrogen and oxygen atoms in total. The van der Waals surface area contributed by atoms with E-state index in [1.54, 1.807) is 6.07 Å². The standard InChI is InChI=1S/C11H9ClFNS/c1-7-14-10(6-12)11(15-7)8-3-2-4-9(13)5-8/h2-5H,6H2,1H3. The van der Waals surface area contributed by atoms with Gasteiger partial charge >= 0.3 is 0 Å². The summed E-state index contributed by atoms with van der Waals surface area (Å²) in [6, 6.07) is 6.49. The fraction of sp³-hybridized carbons (Fsp3) is 0.182. The van der Waals surface area contributed by atoms with E-state index in [9.17, 15) is 4.39 Å². The van der Waals surface area contributed by atoms with Gasteiger partial charge in [-0.05, 0) is 24.6 Å². The quantitative estimate of drug-likeness (QED) is 0.725. The van der Waals surface area contributed by atoms with Gasteiger partial charge in [0, 0.05) is 0 Å². The Morgan fingerprint density at radius 3 is 2.93 bits per heavy atom. The van der Waals surface area contributed by atoms with Crippen molar-refractivity contribution in [2.75, 3.05) is 0 Å². The van der Waals surface area contributed by atoms with Crippen molar-refractivity contribution in [2.24, 2.45) is 0 Å². The number of hydrogen-bond acceptors (Lipinski definition) is 2. The van der Waals surface area contributed by atoms with Crippen molar-refractivity contribution in [1.82, 2.24) is 4.98 Å². The molecule has 0 fully saturated rings. The van der Waals surface area contributed by atoms with E-state index in [1.807, 2.05) is 13.0 Å². The van der Waals surface area contributed by atoms with E-state index in [2.05, 4.69) is 4.98 Å². The fourth-order valence-electron chi connectivity index (χ4n) is 1.42. The summed E-state index contributed by atoms with van der Waals surface area (Å²) in [6.45, 7) is 1.92. The van der Waals surface area contributed by atoms with E-state index in [0.717, 1.165) is 21.1 Å². The van der Waals surface area contributed by atoms with Crippen LogP contribution >= 0.6 is 22.9 Å². The number of benzene rings is 1. The van der Waals surface area contributed by atoms with Crippen LogP contribution in [-0.4, -0.2) is 4.98 Å². The highest BCUT2D eigenvalue weighted by Gasteiger charge is 2.10. The molecule has 4 heteroatoms. The molecule has 0 spiro atoms. The van der Waals surface area contributed by atoms with Crippen molar-refractivity contribution < 1.29 is 4.39 Å². The third kappa shape index (κ3) is 2.19. The minimum absolute atomic E-state index is 0.237. The molecule has 2 rings (SSSR count). The van der Waals surface area contributed by atoms with Crippen LogP contribution < -0.4 is 0 Å². The average Bonchev–Trinajstić information content (AvgIpc) is 2.59. The molecule has 78 valence electrons. The normalized spacial score (nSPS) is 10.6. The number of hydrogen-bond donors (Lipinski definition) is 0. The van der Waals surface area contributed by atoms with Gasteiger partial charge in [0.25, 0.3) is 0 Å². The van der Waals surface area contributed by atoms with Gasteiger partial charge in [0.1, 0.15) is 5.82 Å². The first-order valence-electron chi connectivity index (χ1n) is 4.49. The van der Waals surface area contributed by atoms with Gasteiger partial charge in [-0.1, -0.05) is 12.1 Å². The summed E-state index contributed by atoms with van der Waals surface area (Å²) in [7, 11) is 0. The lowest BCUT2D eigenvalue weighted by atomic mass is 10.1. The van der Waals surface area contributed by atoms with Crippen LogP contribution in [0.15, 0.2) is 24.3 Å². The maximum Gasteiger partial charge on any atom is 0.123 e. The predicted octanol–water partition coefficient (Wildman–Crippen LogP) is 4.00. The molecule has 0 saturated heterocycles. The number of rotatable bonds is 2. The van der Waals surface area contributed by atoms with Crippen molar-refractivity contribution in [1.29, 1.82) is 0 Å². The zero-order valence-corrected chi connectivity index (χ0v) is 9.70. The van der Waals surface area contributed by atoms with E-state index in [0.29, 0.717) is 5.88 Å². The molecule has 1 aromatic carbocycles. The lowest BCUT2D eigenvalue weighted by Gasteiger charge is -1.99. The fourth-order valence-corrected chi connectivity index (χ4v) is 2.62. The highest BCUT2D eigenvalue weighted by molar-refractivity contribution is 7.15. The van der Waals surface area contributed by atoms with Crippen molar-refractivity contribution in [3.63, 3.8) is 0 Å². The molecular formula is C11H9ClFNS. The van der Waals surface area contributed by atoms with Gasteiger partial charge in [0.05, 0.1) is 21.5 Å². The maximum absolute atomic E-state index is 13.0. The molecule has 0 unspecified atom stereocenters. The molecule has 0 saturated carbocycles. The first-order chi connectivity index (χ1) is 7.20. The monoisotopic (exact) mass is 241 g/mol. The largest absolute Gasteiger partial charge is 0.245 e. The number of aryl methyl sites for hydroxylation is 1. The van der Waals surface area contributed by atoms with Gasteiger partial charge < -0.3 is 0 Å². The summed E-state index contributed by atoms with van der Waals surface area (Å²) in [6.07, 6.45) is 0. The Hall–Kier alpha value is -0.930. The Morgan fingerprint density at radius 1 is 1.47 bits per heavy atom. The van der Waals surface area contributed by atoms with E-state index in [1.165, 1.54) is 23.5 Å². The molecule has 2 aromatic rings. The van der Waals surface area contributed by atoms with Crippen molar-refractivity contribution in [3.8, 4) is 10.4 Å². The van der Waals surface area contributed by atoms with Gasteiger partial charge in [0.15, 0.2) is 0 Å². The highest BCUT2D eigenvalue weighted by Crippen LogP contribution is 2.31. The number of aromatic nitrogens is 1. The van der Waals surface area contributed by atoms with E-state index in [4.69, 9.17) is 11.6 Å². The molecule has 1 aromatic heterocycles. The molecular weight excluding hydrogens is 233 g/mol. The van der Waals surface area contributed by atoms with Crippen LogP contribution in [0.1, 0.15) is 10.7 Å². The van der Waals surface area contributed by atoms with Crippen LogP contribution in [0.5, 0.6) is 0 Å². The van der Waals surface area contributed by atoms with E-state index >= 15 is 0 Å². The third-order valence-corrected chi connectivity index (χ3v) is 3.33. The number of alkyl halides is 1. The highest BCUT2D eigenvalue weighted by atomic mass is 35.5. The summed E-state index contributed by atoms with van der Waals surface area (Å²) in [5.74, 6) is 0.120. The second-order valence-electron chi connectivity index (χ2n) is 3.15. The molecule has 0 aliphatic rings. The summed E-state index contributed by atoms with van der Waals surface area (Å²) in [5.41, 5.74) is 1.67. The second kappa shape index (κ2) is 4.29. The second-order valence-corrected chi connectivity index (χ2v) is 4.62. The lowest BCUT2D eigenvalue weighted by Crippen LogP contribution is -1.83. The summed E-state index contributed by atoms with van der Waals surface area (Å²) < 4.78 is 13.0. The Balaban J connectivity index is 2.53. The van der Waals surface area contributed by atoms with Gasteiger partial charge in [0.2, 0.25) is 0 Å². The van der Waals surface area contributed by atoms with Gasteiger partial charge in [-0.3, -0.25) is 0 Å². The summed E-state index contributed by atoms with van der Waals surface area (Å²) >= 11 is 7.32. The molecule has 15 heavy (non-hydrogen) atoms. The Labute approximate surface area is 96.5 Å².